The number of hydroxylamine groups is 2. The van der Waals surface area contributed by atoms with Gasteiger partial charge in [0.05, 0.1) is 12.8 Å². The van der Waals surface area contributed by atoms with Gasteiger partial charge >= 0.3 is 23.9 Å². The fourth-order valence-corrected chi connectivity index (χ4v) is 6.46. The Morgan fingerprint density at radius 3 is 1.15 bits per heavy atom. The molecular weight excluding hydrogens is 690 g/mol. The average Bonchev–Trinajstić information content (AvgIpc) is 3.47. The van der Waals surface area contributed by atoms with Gasteiger partial charge in [-0.25, -0.2) is 4.79 Å². The van der Waals surface area contributed by atoms with Gasteiger partial charge < -0.3 is 19.0 Å². The van der Waals surface area contributed by atoms with Crippen molar-refractivity contribution in [3.8, 4) is 0 Å². The minimum Gasteiger partial charge on any atom is -0.462 e. The first-order chi connectivity index (χ1) is 26.3. The zero-order chi connectivity index (χ0) is 39.5. The first-order valence-electron chi connectivity index (χ1n) is 21.8. The molecule has 0 aliphatic carbocycles. The maximum absolute atomic E-state index is 12.7. The summed E-state index contributed by atoms with van der Waals surface area (Å²) >= 11 is 0. The number of nitrogens with zero attached hydrogens (tertiary/aromatic N) is 1. The summed E-state index contributed by atoms with van der Waals surface area (Å²) in [5, 5.41) is 0.423. The maximum atomic E-state index is 12.7. The van der Waals surface area contributed by atoms with Gasteiger partial charge in [0, 0.05) is 25.7 Å². The smallest absolute Gasteiger partial charge is 0.333 e. The van der Waals surface area contributed by atoms with E-state index in [0.717, 1.165) is 38.5 Å². The summed E-state index contributed by atoms with van der Waals surface area (Å²) in [7, 11) is 0. The van der Waals surface area contributed by atoms with Crippen LogP contribution in [-0.2, 0) is 47.8 Å². The van der Waals surface area contributed by atoms with Crippen molar-refractivity contribution in [2.45, 2.75) is 225 Å². The van der Waals surface area contributed by atoms with E-state index in [0.29, 0.717) is 11.5 Å². The molecule has 1 unspecified atom stereocenters. The normalized spacial score (nSPS) is 13.3. The first kappa shape index (κ1) is 49.0. The topological polar surface area (TPSA) is 143 Å². The van der Waals surface area contributed by atoms with Crippen LogP contribution < -0.4 is 0 Å². The third-order valence-electron chi connectivity index (χ3n) is 9.86. The molecule has 1 heterocycles. The number of hydrogen-bond acceptors (Lipinski definition) is 10. The van der Waals surface area contributed by atoms with Crippen LogP contribution in [0.3, 0.4) is 0 Å². The number of esters is 3. The Morgan fingerprint density at radius 1 is 0.444 bits per heavy atom. The number of unbranched alkanes of at least 4 members (excludes halogenated alkanes) is 24. The number of rotatable bonds is 37. The number of ether oxygens (including phenoxy) is 3. The van der Waals surface area contributed by atoms with Gasteiger partial charge in [-0.15, -0.1) is 5.06 Å². The van der Waals surface area contributed by atoms with Crippen molar-refractivity contribution in [3.05, 3.63) is 0 Å². The molecular formula is C43H75NO10. The number of carbonyl (C=O) groups is 6. The highest BCUT2D eigenvalue weighted by Crippen LogP contribution is 2.16. The lowest BCUT2D eigenvalue weighted by atomic mass is 10.0. The number of hydrogen-bond donors (Lipinski definition) is 0. The third kappa shape index (κ3) is 28.5. The third-order valence-corrected chi connectivity index (χ3v) is 9.86. The van der Waals surface area contributed by atoms with E-state index >= 15 is 0 Å². The molecule has 0 bridgehead atoms. The lowest BCUT2D eigenvalue weighted by Crippen LogP contribution is -2.32. The SMILES string of the molecule is CCCCCCCCCCCCCCCC(=O)OCC(COC(=O)CCC(=O)ON1C(=O)CCC1=O)OC(=O)CCCCCCCCCCCCCCC. The van der Waals surface area contributed by atoms with Gasteiger partial charge in [0.25, 0.3) is 11.8 Å². The van der Waals surface area contributed by atoms with Crippen LogP contribution in [0.4, 0.5) is 0 Å². The molecule has 11 heteroatoms. The van der Waals surface area contributed by atoms with Crippen molar-refractivity contribution in [1.82, 2.24) is 5.06 Å². The van der Waals surface area contributed by atoms with E-state index in [1.807, 2.05) is 0 Å². The van der Waals surface area contributed by atoms with Gasteiger partial charge in [0.1, 0.15) is 13.2 Å². The van der Waals surface area contributed by atoms with Crippen LogP contribution in [0.15, 0.2) is 0 Å². The van der Waals surface area contributed by atoms with Crippen LogP contribution in [0.1, 0.15) is 219 Å². The van der Waals surface area contributed by atoms with Crippen LogP contribution in [0, 0.1) is 0 Å². The Bertz CT molecular complexity index is 1020. The molecule has 312 valence electrons. The molecule has 54 heavy (non-hydrogen) atoms. The van der Waals surface area contributed by atoms with Crippen LogP contribution >= 0.6 is 0 Å². The van der Waals surface area contributed by atoms with Gasteiger partial charge in [-0.2, -0.15) is 0 Å². The molecule has 1 fully saturated rings. The first-order valence-corrected chi connectivity index (χ1v) is 21.8. The molecule has 1 rings (SSSR count). The zero-order valence-corrected chi connectivity index (χ0v) is 34.1. The molecule has 11 nitrogen and oxygen atoms in total. The fraction of sp³-hybridized carbons (Fsp3) is 0.860. The largest absolute Gasteiger partial charge is 0.462 e. The fourth-order valence-electron chi connectivity index (χ4n) is 6.46. The summed E-state index contributed by atoms with van der Waals surface area (Å²) in [6.45, 7) is 3.90. The molecule has 2 amide bonds. The standard InChI is InChI=1S/C43H75NO10/c1-3-5-7-9-11-13-15-17-19-21-23-25-27-29-40(47)51-35-37(36-52-41(48)33-34-43(50)54-44-38(45)31-32-39(44)46)53-42(49)30-28-26-24-22-20-18-16-14-12-10-8-6-4-2/h37H,3-36H2,1-2H3. The van der Waals surface area contributed by atoms with Gasteiger partial charge in [0.15, 0.2) is 6.10 Å². The average molecular weight is 766 g/mol. The lowest BCUT2D eigenvalue weighted by molar-refractivity contribution is -0.197. The number of imide groups is 1. The highest BCUT2D eigenvalue weighted by Gasteiger charge is 2.33. The Kier molecular flexibility index (Phi) is 31.3. The van der Waals surface area contributed by atoms with Crippen molar-refractivity contribution in [3.63, 3.8) is 0 Å². The summed E-state index contributed by atoms with van der Waals surface area (Å²) in [5.74, 6) is -3.74. The van der Waals surface area contributed by atoms with Crippen LogP contribution in [0.25, 0.3) is 0 Å². The lowest BCUT2D eigenvalue weighted by Gasteiger charge is -2.18. The van der Waals surface area contributed by atoms with E-state index in [1.165, 1.54) is 122 Å². The Hall–Kier alpha value is -2.98. The molecule has 0 aromatic rings. The molecule has 0 saturated carbocycles. The monoisotopic (exact) mass is 766 g/mol. The van der Waals surface area contributed by atoms with Gasteiger partial charge in [-0.05, 0) is 12.8 Å². The summed E-state index contributed by atoms with van der Waals surface area (Å²) in [6, 6.07) is 0. The molecule has 1 aliphatic rings. The molecule has 0 aromatic carbocycles. The second-order valence-electron chi connectivity index (χ2n) is 15.0. The van der Waals surface area contributed by atoms with Crippen LogP contribution in [0.2, 0.25) is 0 Å². The van der Waals surface area contributed by atoms with Crippen molar-refractivity contribution >= 4 is 35.7 Å². The van der Waals surface area contributed by atoms with E-state index in [1.54, 1.807) is 0 Å². The van der Waals surface area contributed by atoms with Gasteiger partial charge in [0.2, 0.25) is 0 Å². The molecule has 0 spiro atoms. The van der Waals surface area contributed by atoms with E-state index in [-0.39, 0.29) is 45.3 Å². The quantitative estimate of drug-likeness (QED) is 0.0259. The van der Waals surface area contributed by atoms with Crippen molar-refractivity contribution < 1.29 is 47.8 Å². The Labute approximate surface area is 326 Å². The predicted molar refractivity (Wildman–Crippen MR) is 209 cm³/mol. The molecule has 1 aliphatic heterocycles. The second-order valence-corrected chi connectivity index (χ2v) is 15.0. The summed E-state index contributed by atoms with van der Waals surface area (Å²) in [5.41, 5.74) is 0. The molecule has 1 atom stereocenters. The van der Waals surface area contributed by atoms with E-state index in [9.17, 15) is 28.8 Å². The molecule has 0 radical (unpaired) electrons. The summed E-state index contributed by atoms with van der Waals surface area (Å²) in [4.78, 5) is 77.6. The van der Waals surface area contributed by atoms with Crippen molar-refractivity contribution in [2.24, 2.45) is 0 Å². The van der Waals surface area contributed by atoms with Gasteiger partial charge in [-0.3, -0.25) is 24.0 Å². The highest BCUT2D eigenvalue weighted by atomic mass is 16.7. The van der Waals surface area contributed by atoms with Crippen molar-refractivity contribution in [1.29, 1.82) is 0 Å². The van der Waals surface area contributed by atoms with E-state index in [4.69, 9.17) is 19.0 Å². The zero-order valence-electron chi connectivity index (χ0n) is 34.1. The summed E-state index contributed by atoms with van der Waals surface area (Å²) < 4.78 is 16.2. The Balaban J connectivity index is 2.34. The molecule has 1 saturated heterocycles. The van der Waals surface area contributed by atoms with Crippen LogP contribution in [0.5, 0.6) is 0 Å². The van der Waals surface area contributed by atoms with E-state index < -0.39 is 48.2 Å². The predicted octanol–water partition coefficient (Wildman–Crippen LogP) is 10.3. The maximum Gasteiger partial charge on any atom is 0.333 e. The Morgan fingerprint density at radius 2 is 0.759 bits per heavy atom. The highest BCUT2D eigenvalue weighted by molar-refractivity contribution is 6.01. The van der Waals surface area contributed by atoms with Crippen molar-refractivity contribution in [2.75, 3.05) is 13.2 Å². The minimum atomic E-state index is -0.981. The van der Waals surface area contributed by atoms with E-state index in [2.05, 4.69) is 13.8 Å². The molecule has 0 N–H and O–H groups in total. The second kappa shape index (κ2) is 34.5. The summed E-state index contributed by atoms with van der Waals surface area (Å²) in [6.07, 6.45) is 29.9. The van der Waals surface area contributed by atoms with Gasteiger partial charge in [-0.1, -0.05) is 168 Å². The number of amides is 2. The number of carbonyl (C=O) groups excluding carboxylic acids is 6. The molecule has 0 aromatic heterocycles. The minimum absolute atomic E-state index is 0.0302. The van der Waals surface area contributed by atoms with Crippen LogP contribution in [-0.4, -0.2) is 60.1 Å².